The monoisotopic (exact) mass is 356 g/mol. The Morgan fingerprint density at radius 1 is 0.880 bits per heavy atom. The SMILES string of the molecule is CCCCCC[C@H]1CC(Sc2ccccc2)O[C@@H](c2ccccc2)O1. The topological polar surface area (TPSA) is 18.5 Å². The maximum absolute atomic E-state index is 6.29. The average Bonchev–Trinajstić information content (AvgIpc) is 2.67. The smallest absolute Gasteiger partial charge is 0.185 e. The largest absolute Gasteiger partial charge is 0.345 e. The van der Waals surface area contributed by atoms with Crippen molar-refractivity contribution in [3.05, 3.63) is 66.2 Å². The van der Waals surface area contributed by atoms with Gasteiger partial charge >= 0.3 is 0 Å². The Morgan fingerprint density at radius 3 is 2.32 bits per heavy atom. The third kappa shape index (κ3) is 5.88. The molecule has 0 radical (unpaired) electrons. The second kappa shape index (κ2) is 10.0. The molecule has 1 saturated heterocycles. The molecule has 1 heterocycles. The molecule has 2 aromatic carbocycles. The molecule has 0 aliphatic carbocycles. The van der Waals surface area contributed by atoms with Crippen LogP contribution >= 0.6 is 11.8 Å². The fraction of sp³-hybridized carbons (Fsp3) is 0.455. The quantitative estimate of drug-likeness (QED) is 0.498. The third-order valence-corrected chi connectivity index (χ3v) is 5.62. The minimum Gasteiger partial charge on any atom is -0.345 e. The van der Waals surface area contributed by atoms with Gasteiger partial charge in [0.05, 0.1) is 6.10 Å². The minimum absolute atomic E-state index is 0.137. The van der Waals surface area contributed by atoms with Crippen molar-refractivity contribution in [3.8, 4) is 0 Å². The number of unbranched alkanes of at least 4 members (excludes halogenated alkanes) is 3. The molecule has 2 aromatic rings. The molecule has 0 spiro atoms. The highest BCUT2D eigenvalue weighted by Crippen LogP contribution is 2.38. The van der Waals surface area contributed by atoms with Crippen LogP contribution in [0.4, 0.5) is 0 Å². The van der Waals surface area contributed by atoms with Gasteiger partial charge < -0.3 is 9.47 Å². The number of hydrogen-bond donors (Lipinski definition) is 0. The Labute approximate surface area is 155 Å². The summed E-state index contributed by atoms with van der Waals surface area (Å²) < 4.78 is 12.6. The minimum atomic E-state index is -0.257. The summed E-state index contributed by atoms with van der Waals surface area (Å²) in [6.07, 6.45) is 7.21. The number of benzene rings is 2. The molecule has 134 valence electrons. The average molecular weight is 357 g/mol. The number of thioether (sulfide) groups is 1. The Kier molecular flexibility index (Phi) is 7.40. The van der Waals surface area contributed by atoms with Gasteiger partial charge in [0.25, 0.3) is 0 Å². The van der Waals surface area contributed by atoms with Crippen molar-refractivity contribution >= 4 is 11.8 Å². The van der Waals surface area contributed by atoms with Gasteiger partial charge in [-0.3, -0.25) is 0 Å². The normalized spacial score (nSPS) is 23.5. The molecule has 0 bridgehead atoms. The predicted molar refractivity (Wildman–Crippen MR) is 105 cm³/mol. The third-order valence-electron chi connectivity index (χ3n) is 4.51. The van der Waals surface area contributed by atoms with Crippen molar-refractivity contribution in [2.24, 2.45) is 0 Å². The van der Waals surface area contributed by atoms with Crippen LogP contribution in [0.5, 0.6) is 0 Å². The Bertz CT molecular complexity index is 602. The second-order valence-corrected chi connectivity index (χ2v) is 7.82. The van der Waals surface area contributed by atoms with E-state index in [0.717, 1.165) is 18.4 Å². The first-order valence-electron chi connectivity index (χ1n) is 9.42. The van der Waals surface area contributed by atoms with E-state index in [1.807, 2.05) is 30.0 Å². The maximum atomic E-state index is 6.29. The lowest BCUT2D eigenvalue weighted by Crippen LogP contribution is -2.32. The van der Waals surface area contributed by atoms with Crippen molar-refractivity contribution in [2.45, 2.75) is 68.2 Å². The molecule has 1 aliphatic heterocycles. The molecule has 1 unspecified atom stereocenters. The molecular weight excluding hydrogens is 328 g/mol. The van der Waals surface area contributed by atoms with Gasteiger partial charge in [0, 0.05) is 16.9 Å². The van der Waals surface area contributed by atoms with Crippen LogP contribution in [0.15, 0.2) is 65.6 Å². The van der Waals surface area contributed by atoms with E-state index in [1.165, 1.54) is 30.6 Å². The molecule has 3 heteroatoms. The summed E-state index contributed by atoms with van der Waals surface area (Å²) >= 11 is 1.81. The van der Waals surface area contributed by atoms with Crippen LogP contribution in [0.2, 0.25) is 0 Å². The van der Waals surface area contributed by atoms with E-state index < -0.39 is 0 Å². The van der Waals surface area contributed by atoms with Crippen LogP contribution in [-0.4, -0.2) is 11.5 Å². The second-order valence-electron chi connectivity index (χ2n) is 6.58. The summed E-state index contributed by atoms with van der Waals surface area (Å²) in [5, 5.41) is 0. The van der Waals surface area contributed by atoms with Gasteiger partial charge in [-0.1, -0.05) is 92.9 Å². The van der Waals surface area contributed by atoms with E-state index in [9.17, 15) is 0 Å². The highest BCUT2D eigenvalue weighted by molar-refractivity contribution is 7.99. The summed E-state index contributed by atoms with van der Waals surface area (Å²) in [6, 6.07) is 20.8. The van der Waals surface area contributed by atoms with Crippen LogP contribution in [0.25, 0.3) is 0 Å². The standard InChI is InChI=1S/C22H28O2S/c1-2-3-4-9-14-19-17-21(25-20-15-10-6-11-16-20)24-22(23-19)18-12-7-5-8-13-18/h5-8,10-13,15-16,19,21-22H,2-4,9,14,17H2,1H3/t19-,21?,22-/m0/s1. The maximum Gasteiger partial charge on any atom is 0.185 e. The van der Waals surface area contributed by atoms with E-state index in [-0.39, 0.29) is 17.8 Å². The molecule has 0 aromatic heterocycles. The van der Waals surface area contributed by atoms with Crippen molar-refractivity contribution in [1.82, 2.24) is 0 Å². The van der Waals surface area contributed by atoms with E-state index in [1.54, 1.807) is 0 Å². The summed E-state index contributed by atoms with van der Waals surface area (Å²) in [5.41, 5.74) is 1.25. The molecule has 3 atom stereocenters. The lowest BCUT2D eigenvalue weighted by Gasteiger charge is -2.35. The van der Waals surface area contributed by atoms with Gasteiger partial charge in [0.2, 0.25) is 0 Å². The molecule has 0 N–H and O–H groups in total. The summed E-state index contributed by atoms with van der Waals surface area (Å²) in [4.78, 5) is 1.26. The van der Waals surface area contributed by atoms with Gasteiger partial charge in [-0.05, 0) is 18.6 Å². The van der Waals surface area contributed by atoms with Crippen molar-refractivity contribution in [3.63, 3.8) is 0 Å². The zero-order valence-electron chi connectivity index (χ0n) is 15.0. The highest BCUT2D eigenvalue weighted by atomic mass is 32.2. The first kappa shape index (κ1) is 18.5. The van der Waals surface area contributed by atoms with Crippen molar-refractivity contribution in [1.29, 1.82) is 0 Å². The van der Waals surface area contributed by atoms with Gasteiger partial charge in [-0.15, -0.1) is 0 Å². The Balaban J connectivity index is 1.64. The number of hydrogen-bond acceptors (Lipinski definition) is 3. The van der Waals surface area contributed by atoms with Crippen molar-refractivity contribution < 1.29 is 9.47 Å². The van der Waals surface area contributed by atoms with Crippen LogP contribution < -0.4 is 0 Å². The molecule has 3 rings (SSSR count). The summed E-state index contributed by atoms with van der Waals surface area (Å²) in [5.74, 6) is 0. The van der Waals surface area contributed by atoms with E-state index in [2.05, 4.69) is 49.4 Å². The lowest BCUT2D eigenvalue weighted by atomic mass is 10.1. The van der Waals surface area contributed by atoms with Gasteiger partial charge in [-0.2, -0.15) is 0 Å². The zero-order valence-corrected chi connectivity index (χ0v) is 15.8. The van der Waals surface area contributed by atoms with Crippen LogP contribution in [0, 0.1) is 0 Å². The van der Waals surface area contributed by atoms with E-state index in [0.29, 0.717) is 0 Å². The van der Waals surface area contributed by atoms with Crippen molar-refractivity contribution in [2.75, 3.05) is 0 Å². The zero-order chi connectivity index (χ0) is 17.3. The first-order chi connectivity index (χ1) is 12.3. The van der Waals surface area contributed by atoms with Gasteiger partial charge in [0.15, 0.2) is 6.29 Å². The molecule has 0 saturated carbocycles. The Morgan fingerprint density at radius 2 is 1.60 bits per heavy atom. The van der Waals surface area contributed by atoms with Gasteiger partial charge in [-0.25, -0.2) is 0 Å². The molecule has 2 nitrogen and oxygen atoms in total. The van der Waals surface area contributed by atoms with E-state index in [4.69, 9.17) is 9.47 Å². The molecule has 1 aliphatic rings. The molecule has 0 amide bonds. The number of ether oxygens (including phenoxy) is 2. The summed E-state index contributed by atoms with van der Waals surface area (Å²) in [6.45, 7) is 2.25. The van der Waals surface area contributed by atoms with Crippen LogP contribution in [0.1, 0.15) is 57.3 Å². The van der Waals surface area contributed by atoms with Crippen LogP contribution in [-0.2, 0) is 9.47 Å². The highest BCUT2D eigenvalue weighted by Gasteiger charge is 2.31. The Hall–Kier alpha value is -1.29. The molecular formula is C22H28O2S. The summed E-state index contributed by atoms with van der Waals surface area (Å²) in [7, 11) is 0. The predicted octanol–water partition coefficient (Wildman–Crippen LogP) is 6.58. The fourth-order valence-electron chi connectivity index (χ4n) is 3.15. The van der Waals surface area contributed by atoms with Crippen LogP contribution in [0.3, 0.4) is 0 Å². The van der Waals surface area contributed by atoms with Gasteiger partial charge in [0.1, 0.15) is 5.44 Å². The molecule has 1 fully saturated rings. The van der Waals surface area contributed by atoms with E-state index >= 15 is 0 Å². The molecule has 25 heavy (non-hydrogen) atoms. The first-order valence-corrected chi connectivity index (χ1v) is 10.3. The fourth-order valence-corrected chi connectivity index (χ4v) is 4.23. The lowest BCUT2D eigenvalue weighted by molar-refractivity contribution is -0.228. The number of rotatable bonds is 8.